The van der Waals surface area contributed by atoms with Crippen molar-refractivity contribution in [3.05, 3.63) is 27.6 Å². The molecule has 0 unspecified atom stereocenters. The van der Waals surface area contributed by atoms with Gasteiger partial charge in [-0.25, -0.2) is 4.98 Å². The summed E-state index contributed by atoms with van der Waals surface area (Å²) in [5, 5.41) is 13.2. The Labute approximate surface area is 109 Å². The average Bonchev–Trinajstić information content (AvgIpc) is 2.77. The first-order valence-electron chi connectivity index (χ1n) is 5.58. The molecule has 0 saturated carbocycles. The van der Waals surface area contributed by atoms with Crippen LogP contribution in [-0.2, 0) is 6.54 Å². The van der Waals surface area contributed by atoms with Gasteiger partial charge in [0, 0.05) is 18.2 Å². The first-order chi connectivity index (χ1) is 8.44. The minimum Gasteiger partial charge on any atom is -0.394 e. The molecule has 0 spiro atoms. The Morgan fingerprint density at radius 1 is 1.56 bits per heavy atom. The molecular formula is C11H16N4O2S. The molecule has 0 bridgehead atoms. The molecule has 0 aliphatic heterocycles. The summed E-state index contributed by atoms with van der Waals surface area (Å²) in [6, 6.07) is 1.48. The molecule has 0 aliphatic rings. The van der Waals surface area contributed by atoms with Crippen molar-refractivity contribution in [3.8, 4) is 0 Å². The van der Waals surface area contributed by atoms with Crippen LogP contribution in [0.25, 0.3) is 4.96 Å². The summed E-state index contributed by atoms with van der Waals surface area (Å²) in [5.41, 5.74) is 1.76. The molecule has 0 saturated heterocycles. The van der Waals surface area contributed by atoms with Gasteiger partial charge in [-0.1, -0.05) is 11.3 Å². The molecule has 2 heterocycles. The molecule has 18 heavy (non-hydrogen) atoms. The number of aliphatic hydroxyl groups excluding tert-OH is 1. The smallest absolute Gasteiger partial charge is 0.275 e. The van der Waals surface area contributed by atoms with Crippen LogP contribution in [0.2, 0.25) is 0 Å². The summed E-state index contributed by atoms with van der Waals surface area (Å²) in [4.78, 5) is 18.7. The highest BCUT2D eigenvalue weighted by Gasteiger charge is 2.23. The molecule has 2 rings (SSSR count). The van der Waals surface area contributed by atoms with Crippen LogP contribution in [0.15, 0.2) is 16.4 Å². The van der Waals surface area contributed by atoms with E-state index in [1.807, 2.05) is 25.8 Å². The third-order valence-corrected chi connectivity index (χ3v) is 3.73. The van der Waals surface area contributed by atoms with Gasteiger partial charge in [-0.3, -0.25) is 9.69 Å². The zero-order chi connectivity index (χ0) is 13.3. The van der Waals surface area contributed by atoms with Crippen molar-refractivity contribution in [1.82, 2.24) is 19.5 Å². The predicted molar refractivity (Wildman–Crippen MR) is 69.8 cm³/mol. The van der Waals surface area contributed by atoms with E-state index in [0.717, 1.165) is 0 Å². The van der Waals surface area contributed by atoms with E-state index < -0.39 is 0 Å². The highest BCUT2D eigenvalue weighted by Crippen LogP contribution is 2.14. The second-order valence-corrected chi connectivity index (χ2v) is 5.66. The molecule has 0 amide bonds. The fourth-order valence-electron chi connectivity index (χ4n) is 1.46. The zero-order valence-electron chi connectivity index (χ0n) is 10.6. The molecule has 6 nitrogen and oxygen atoms in total. The minimum absolute atomic E-state index is 0.0469. The number of rotatable bonds is 4. The summed E-state index contributed by atoms with van der Waals surface area (Å²) in [7, 11) is 1.90. The van der Waals surface area contributed by atoms with E-state index in [9.17, 15) is 9.90 Å². The molecule has 1 N–H and O–H groups in total. The third-order valence-electron chi connectivity index (χ3n) is 3.06. The molecule has 0 aromatic carbocycles. The Kier molecular flexibility index (Phi) is 3.47. The maximum Gasteiger partial charge on any atom is 0.275 e. The van der Waals surface area contributed by atoms with Crippen molar-refractivity contribution in [2.45, 2.75) is 25.9 Å². The van der Waals surface area contributed by atoms with Crippen molar-refractivity contribution >= 4 is 16.3 Å². The molecular weight excluding hydrogens is 252 g/mol. The van der Waals surface area contributed by atoms with Crippen LogP contribution in [0.4, 0.5) is 0 Å². The fourth-order valence-corrected chi connectivity index (χ4v) is 2.10. The van der Waals surface area contributed by atoms with Gasteiger partial charge in [0.2, 0.25) is 4.96 Å². The molecule has 2 aromatic heterocycles. The summed E-state index contributed by atoms with van der Waals surface area (Å²) in [5.74, 6) is 0. The standard InChI is InChI=1S/C11H16N4O2S/c1-11(2,6-16)14(3)5-8-4-9(17)15-10(13-8)18-7-12-15/h4,7,16H,5-6H2,1-3H3. The molecule has 0 atom stereocenters. The molecule has 0 fully saturated rings. The normalized spacial score (nSPS) is 12.5. The van der Waals surface area contributed by atoms with Crippen LogP contribution in [0, 0.1) is 0 Å². The van der Waals surface area contributed by atoms with Crippen molar-refractivity contribution in [3.63, 3.8) is 0 Å². The van der Waals surface area contributed by atoms with Gasteiger partial charge >= 0.3 is 0 Å². The maximum atomic E-state index is 11.8. The topological polar surface area (TPSA) is 70.7 Å². The molecule has 7 heteroatoms. The summed E-state index contributed by atoms with van der Waals surface area (Å²) < 4.78 is 1.28. The van der Waals surface area contributed by atoms with E-state index in [4.69, 9.17) is 0 Å². The number of likely N-dealkylation sites (N-methyl/N-ethyl adjacent to an activating group) is 1. The van der Waals surface area contributed by atoms with Gasteiger partial charge in [0.05, 0.1) is 12.3 Å². The van der Waals surface area contributed by atoms with Crippen molar-refractivity contribution in [1.29, 1.82) is 0 Å². The van der Waals surface area contributed by atoms with Gasteiger partial charge < -0.3 is 5.11 Å². The predicted octanol–water partition coefficient (Wildman–Crippen LogP) is 0.354. The third kappa shape index (κ3) is 2.43. The van der Waals surface area contributed by atoms with E-state index >= 15 is 0 Å². The van der Waals surface area contributed by atoms with Crippen LogP contribution < -0.4 is 5.56 Å². The highest BCUT2D eigenvalue weighted by atomic mass is 32.1. The molecule has 2 aromatic rings. The SMILES string of the molecule is CN(Cc1cc(=O)n2ncsc2n1)C(C)(C)CO. The number of nitrogens with zero attached hydrogens (tertiary/aromatic N) is 4. The first-order valence-corrected chi connectivity index (χ1v) is 6.46. The largest absolute Gasteiger partial charge is 0.394 e. The summed E-state index contributed by atoms with van der Waals surface area (Å²) >= 11 is 1.33. The van der Waals surface area contributed by atoms with E-state index in [0.29, 0.717) is 17.2 Å². The van der Waals surface area contributed by atoms with Gasteiger partial charge in [0.25, 0.3) is 5.56 Å². The van der Waals surface area contributed by atoms with E-state index in [1.54, 1.807) is 5.51 Å². The maximum absolute atomic E-state index is 11.8. The number of aliphatic hydroxyl groups is 1. The van der Waals surface area contributed by atoms with Gasteiger partial charge in [0.1, 0.15) is 5.51 Å². The second-order valence-electron chi connectivity index (χ2n) is 4.85. The van der Waals surface area contributed by atoms with E-state index in [2.05, 4.69) is 10.1 Å². The van der Waals surface area contributed by atoms with Crippen LogP contribution >= 0.6 is 11.3 Å². The number of aromatic nitrogens is 3. The lowest BCUT2D eigenvalue weighted by Gasteiger charge is -2.33. The minimum atomic E-state index is -0.347. The Morgan fingerprint density at radius 3 is 2.94 bits per heavy atom. The lowest BCUT2D eigenvalue weighted by Crippen LogP contribution is -2.44. The molecule has 0 aliphatic carbocycles. The zero-order valence-corrected chi connectivity index (χ0v) is 11.4. The first kappa shape index (κ1) is 13.1. The van der Waals surface area contributed by atoms with Crippen LogP contribution in [0.3, 0.4) is 0 Å². The van der Waals surface area contributed by atoms with Gasteiger partial charge in [-0.2, -0.15) is 9.61 Å². The van der Waals surface area contributed by atoms with Gasteiger partial charge in [-0.05, 0) is 20.9 Å². The van der Waals surface area contributed by atoms with Gasteiger partial charge in [0.15, 0.2) is 0 Å². The van der Waals surface area contributed by atoms with Crippen molar-refractivity contribution in [2.75, 3.05) is 13.7 Å². The Bertz CT molecular complexity index is 604. The molecule has 98 valence electrons. The Morgan fingerprint density at radius 2 is 2.28 bits per heavy atom. The quantitative estimate of drug-likeness (QED) is 0.866. The van der Waals surface area contributed by atoms with Crippen LogP contribution in [0.1, 0.15) is 19.5 Å². The van der Waals surface area contributed by atoms with Crippen molar-refractivity contribution < 1.29 is 5.11 Å². The number of hydrogen-bond acceptors (Lipinski definition) is 6. The lowest BCUT2D eigenvalue weighted by atomic mass is 10.1. The Balaban J connectivity index is 2.30. The number of fused-ring (bicyclic) bond motifs is 1. The van der Waals surface area contributed by atoms with Crippen molar-refractivity contribution in [2.24, 2.45) is 0 Å². The van der Waals surface area contributed by atoms with E-state index in [1.165, 1.54) is 21.9 Å². The second kappa shape index (κ2) is 4.75. The summed E-state index contributed by atoms with van der Waals surface area (Å²) in [6.45, 7) is 4.43. The fraction of sp³-hybridized carbons (Fsp3) is 0.545. The molecule has 0 radical (unpaired) electrons. The van der Waals surface area contributed by atoms with Crippen LogP contribution in [-0.4, -0.2) is 43.8 Å². The lowest BCUT2D eigenvalue weighted by molar-refractivity contribution is 0.0724. The highest BCUT2D eigenvalue weighted by molar-refractivity contribution is 7.14. The van der Waals surface area contributed by atoms with Crippen LogP contribution in [0.5, 0.6) is 0 Å². The monoisotopic (exact) mass is 268 g/mol. The average molecular weight is 268 g/mol. The Hall–Kier alpha value is -1.31. The number of hydrogen-bond donors (Lipinski definition) is 1. The van der Waals surface area contributed by atoms with Gasteiger partial charge in [-0.15, -0.1) is 0 Å². The van der Waals surface area contributed by atoms with E-state index in [-0.39, 0.29) is 17.7 Å². The summed E-state index contributed by atoms with van der Waals surface area (Å²) in [6.07, 6.45) is 0.